The molecule has 0 saturated carbocycles. The van der Waals surface area contributed by atoms with Gasteiger partial charge in [-0.15, -0.1) is 0 Å². The molecule has 0 aromatic heterocycles. The van der Waals surface area contributed by atoms with Gasteiger partial charge in [-0.1, -0.05) is 49.1 Å². The Kier molecular flexibility index (Phi) is 6.98. The summed E-state index contributed by atoms with van der Waals surface area (Å²) in [4.78, 5) is 0. The molecule has 3 rings (SSSR count). The number of hydrogen-bond donors (Lipinski definition) is 0. The minimum Gasteiger partial charge on any atom is -0.457 e. The summed E-state index contributed by atoms with van der Waals surface area (Å²) >= 11 is 0. The second-order valence-electron chi connectivity index (χ2n) is 6.86. The van der Waals surface area contributed by atoms with Crippen molar-refractivity contribution in [3.8, 4) is 22.6 Å². The molecule has 0 bridgehead atoms. The lowest BCUT2D eigenvalue weighted by molar-refractivity contribution is 0.119. The van der Waals surface area contributed by atoms with Crippen molar-refractivity contribution in [3.05, 3.63) is 115 Å². The summed E-state index contributed by atoms with van der Waals surface area (Å²) in [5.41, 5.74) is 2.84. The number of ether oxygens (including phenoxy) is 2. The number of halogens is 3. The number of benzene rings is 3. The maximum Gasteiger partial charge on any atom is 0.230 e. The van der Waals surface area contributed by atoms with Crippen molar-refractivity contribution in [1.82, 2.24) is 0 Å². The van der Waals surface area contributed by atoms with E-state index >= 15 is 0 Å². The van der Waals surface area contributed by atoms with E-state index in [1.165, 1.54) is 30.3 Å². The molecule has 0 aliphatic carbocycles. The fourth-order valence-electron chi connectivity index (χ4n) is 2.85. The van der Waals surface area contributed by atoms with Gasteiger partial charge in [0.2, 0.25) is 6.79 Å². The Morgan fingerprint density at radius 3 is 2.03 bits per heavy atom. The Balaban J connectivity index is 1.60. The Morgan fingerprint density at radius 2 is 1.45 bits per heavy atom. The number of rotatable bonds is 8. The summed E-state index contributed by atoms with van der Waals surface area (Å²) in [6.07, 6.45) is 2.43. The molecule has 2 nitrogen and oxygen atoms in total. The van der Waals surface area contributed by atoms with Gasteiger partial charge in [0.25, 0.3) is 0 Å². The van der Waals surface area contributed by atoms with Crippen molar-refractivity contribution in [3.63, 3.8) is 0 Å². The Morgan fingerprint density at radius 1 is 0.839 bits per heavy atom. The molecule has 0 aliphatic heterocycles. The number of hydrogen-bond acceptors (Lipinski definition) is 2. The van der Waals surface area contributed by atoms with E-state index in [-0.39, 0.29) is 23.9 Å². The molecule has 31 heavy (non-hydrogen) atoms. The van der Waals surface area contributed by atoms with Gasteiger partial charge in [0.1, 0.15) is 29.0 Å². The van der Waals surface area contributed by atoms with Crippen LogP contribution in [0.25, 0.3) is 16.7 Å². The normalized spacial score (nSPS) is 10.8. The van der Waals surface area contributed by atoms with Gasteiger partial charge in [-0.25, -0.2) is 13.2 Å². The highest BCUT2D eigenvalue weighted by Gasteiger charge is 2.09. The Labute approximate surface area is 179 Å². The fourth-order valence-corrected chi connectivity index (χ4v) is 2.85. The first kappa shape index (κ1) is 22.0. The van der Waals surface area contributed by atoms with E-state index in [1.807, 2.05) is 31.2 Å². The van der Waals surface area contributed by atoms with Crippen molar-refractivity contribution in [2.45, 2.75) is 6.92 Å². The fraction of sp³-hybridized carbons (Fsp3) is 0.0769. The van der Waals surface area contributed by atoms with Crippen LogP contribution in [0.5, 0.6) is 11.5 Å². The summed E-state index contributed by atoms with van der Waals surface area (Å²) in [5, 5.41) is 0. The van der Waals surface area contributed by atoms with E-state index in [0.29, 0.717) is 11.1 Å². The molecule has 0 fully saturated rings. The molecule has 3 aromatic carbocycles. The predicted molar refractivity (Wildman–Crippen MR) is 118 cm³/mol. The van der Waals surface area contributed by atoms with Crippen LogP contribution < -0.4 is 9.47 Å². The van der Waals surface area contributed by atoms with E-state index in [0.717, 1.165) is 17.2 Å². The van der Waals surface area contributed by atoms with Crippen molar-refractivity contribution < 1.29 is 22.6 Å². The van der Waals surface area contributed by atoms with Gasteiger partial charge in [-0.3, -0.25) is 0 Å². The molecule has 0 aliphatic rings. The summed E-state index contributed by atoms with van der Waals surface area (Å²) < 4.78 is 52.2. The molecule has 0 amide bonds. The molecule has 0 spiro atoms. The monoisotopic (exact) mass is 422 g/mol. The van der Waals surface area contributed by atoms with E-state index < -0.39 is 17.5 Å². The SMILES string of the molecule is C=C(F)C=CC(=C)c1ccc(OCOc2ccc(-c3ccc(C)cc3)c(F)c2)cc1F. The van der Waals surface area contributed by atoms with Gasteiger partial charge in [-0.2, -0.15) is 0 Å². The molecule has 0 N–H and O–H groups in total. The number of allylic oxidation sites excluding steroid dienone is 4. The smallest absolute Gasteiger partial charge is 0.230 e. The van der Waals surface area contributed by atoms with Crippen LogP contribution in [0.4, 0.5) is 13.2 Å². The lowest BCUT2D eigenvalue weighted by Gasteiger charge is -2.11. The van der Waals surface area contributed by atoms with Crippen LogP contribution >= 0.6 is 0 Å². The molecule has 0 heterocycles. The van der Waals surface area contributed by atoms with Crippen molar-refractivity contribution in [1.29, 1.82) is 0 Å². The summed E-state index contributed by atoms with van der Waals surface area (Å²) in [7, 11) is 0. The molecule has 0 radical (unpaired) electrons. The Bertz CT molecular complexity index is 1130. The van der Waals surface area contributed by atoms with Gasteiger partial charge in [-0.05, 0) is 48.4 Å². The maximum absolute atomic E-state index is 14.5. The molecule has 0 saturated heterocycles. The quantitative estimate of drug-likeness (QED) is 0.278. The predicted octanol–water partition coefficient (Wildman–Crippen LogP) is 7.41. The van der Waals surface area contributed by atoms with Gasteiger partial charge in [0.15, 0.2) is 0 Å². The zero-order chi connectivity index (χ0) is 22.4. The zero-order valence-corrected chi connectivity index (χ0v) is 17.0. The third-order valence-corrected chi connectivity index (χ3v) is 4.51. The van der Waals surface area contributed by atoms with Crippen LogP contribution in [-0.4, -0.2) is 6.79 Å². The van der Waals surface area contributed by atoms with E-state index in [9.17, 15) is 13.2 Å². The van der Waals surface area contributed by atoms with Gasteiger partial charge >= 0.3 is 0 Å². The standard InChI is InChI=1S/C26H21F3O2/c1-17-4-8-20(9-5-17)24-13-11-22(15-26(24)29)31-16-30-21-10-12-23(25(28)14-21)18(2)6-7-19(3)27/h4-15H,2-3,16H2,1H3. The average Bonchev–Trinajstić information content (AvgIpc) is 2.73. The van der Waals surface area contributed by atoms with Crippen molar-refractivity contribution in [2.75, 3.05) is 6.79 Å². The molecule has 3 aromatic rings. The van der Waals surface area contributed by atoms with Crippen LogP contribution in [0, 0.1) is 18.6 Å². The second kappa shape index (κ2) is 9.85. The molecular weight excluding hydrogens is 401 g/mol. The van der Waals surface area contributed by atoms with Crippen LogP contribution in [0.15, 0.2) is 91.8 Å². The first-order chi connectivity index (χ1) is 14.8. The highest BCUT2D eigenvalue weighted by atomic mass is 19.1. The zero-order valence-electron chi connectivity index (χ0n) is 17.0. The van der Waals surface area contributed by atoms with E-state index in [4.69, 9.17) is 9.47 Å². The minimum atomic E-state index is -0.651. The third kappa shape index (κ3) is 5.89. The average molecular weight is 422 g/mol. The molecular formula is C26H21F3O2. The van der Waals surface area contributed by atoms with Gasteiger partial charge in [0, 0.05) is 23.3 Å². The lowest BCUT2D eigenvalue weighted by Crippen LogP contribution is -2.06. The van der Waals surface area contributed by atoms with Gasteiger partial charge < -0.3 is 9.47 Å². The second-order valence-corrected chi connectivity index (χ2v) is 6.86. The molecule has 158 valence electrons. The molecule has 5 heteroatoms. The first-order valence-electron chi connectivity index (χ1n) is 9.47. The first-order valence-corrected chi connectivity index (χ1v) is 9.47. The topological polar surface area (TPSA) is 18.5 Å². The van der Waals surface area contributed by atoms with E-state index in [2.05, 4.69) is 13.2 Å². The lowest BCUT2D eigenvalue weighted by atomic mass is 10.0. The maximum atomic E-state index is 14.5. The Hall–Kier alpha value is -3.73. The van der Waals surface area contributed by atoms with E-state index in [1.54, 1.807) is 12.1 Å². The highest BCUT2D eigenvalue weighted by molar-refractivity contribution is 5.73. The summed E-state index contributed by atoms with van der Waals surface area (Å²) in [5.74, 6) is -1.13. The third-order valence-electron chi connectivity index (χ3n) is 4.51. The molecule has 0 atom stereocenters. The van der Waals surface area contributed by atoms with Crippen molar-refractivity contribution >= 4 is 5.57 Å². The van der Waals surface area contributed by atoms with Gasteiger partial charge in [0.05, 0.1) is 0 Å². The molecule has 0 unspecified atom stereocenters. The van der Waals surface area contributed by atoms with Crippen LogP contribution in [0.1, 0.15) is 11.1 Å². The summed E-state index contributed by atoms with van der Waals surface area (Å²) in [6, 6.07) is 16.3. The summed E-state index contributed by atoms with van der Waals surface area (Å²) in [6.45, 7) is 8.53. The largest absolute Gasteiger partial charge is 0.457 e. The van der Waals surface area contributed by atoms with Crippen LogP contribution in [0.3, 0.4) is 0 Å². The van der Waals surface area contributed by atoms with Crippen LogP contribution in [0.2, 0.25) is 0 Å². The van der Waals surface area contributed by atoms with Crippen LogP contribution in [-0.2, 0) is 0 Å². The highest BCUT2D eigenvalue weighted by Crippen LogP contribution is 2.27. The van der Waals surface area contributed by atoms with Crippen molar-refractivity contribution in [2.24, 2.45) is 0 Å². The minimum absolute atomic E-state index is 0.208. The number of aryl methyl sites for hydroxylation is 1.